The fourth-order valence-corrected chi connectivity index (χ4v) is 6.22. The highest BCUT2D eigenvalue weighted by molar-refractivity contribution is 5.97. The number of hydrogen-bond donors (Lipinski definition) is 2. The second-order valence-corrected chi connectivity index (χ2v) is 12.1. The maximum atomic E-state index is 17.5. The number of amides is 2. The summed E-state index contributed by atoms with van der Waals surface area (Å²) in [6, 6.07) is 35.6. The molecule has 6 aromatic rings. The number of imidazole rings is 1. The minimum Gasteiger partial charge on any atom is -0.446 e. The largest absolute Gasteiger partial charge is 0.446 e. The first kappa shape index (κ1) is 33.9. The summed E-state index contributed by atoms with van der Waals surface area (Å²) in [7, 11) is 1.64. The number of nitrogen functional groups attached to an aromatic ring is 1. The van der Waals surface area contributed by atoms with Crippen LogP contribution in [0.2, 0.25) is 0 Å². The van der Waals surface area contributed by atoms with Gasteiger partial charge < -0.3 is 25.3 Å². The van der Waals surface area contributed by atoms with Crippen molar-refractivity contribution < 1.29 is 28.2 Å². The smallest absolute Gasteiger partial charge is 0.419 e. The number of carbonyl (C=O) groups is 2. The molecule has 0 radical (unpaired) electrons. The van der Waals surface area contributed by atoms with Gasteiger partial charge >= 0.3 is 12.2 Å². The average molecular weight is 703 g/mol. The van der Waals surface area contributed by atoms with Gasteiger partial charge in [-0.25, -0.2) is 28.8 Å². The number of aromatic nitrogens is 4. The molecule has 1 fully saturated rings. The molecule has 0 aliphatic carbocycles. The first-order valence-electron chi connectivity index (χ1n) is 16.5. The molecule has 1 saturated heterocycles. The molecule has 4 aromatic carbocycles. The van der Waals surface area contributed by atoms with Gasteiger partial charge in [0.2, 0.25) is 5.95 Å². The second-order valence-electron chi connectivity index (χ2n) is 12.1. The highest BCUT2D eigenvalue weighted by Gasteiger charge is 2.59. The fraction of sp³-hybridized carbons (Fsp3) is 0.184. The van der Waals surface area contributed by atoms with Crippen molar-refractivity contribution in [2.24, 2.45) is 0 Å². The fourth-order valence-electron chi connectivity index (χ4n) is 6.22. The zero-order chi connectivity index (χ0) is 36.2. The zero-order valence-corrected chi connectivity index (χ0v) is 28.2. The monoisotopic (exact) mass is 702 g/mol. The summed E-state index contributed by atoms with van der Waals surface area (Å²) in [5.41, 5.74) is 6.15. The number of para-hydroxylation sites is 4. The molecule has 7 rings (SSSR count). The third-order valence-electron chi connectivity index (χ3n) is 8.63. The van der Waals surface area contributed by atoms with E-state index < -0.39 is 42.9 Å². The molecule has 0 unspecified atom stereocenters. The third kappa shape index (κ3) is 6.54. The Morgan fingerprint density at radius 3 is 1.79 bits per heavy atom. The van der Waals surface area contributed by atoms with Crippen molar-refractivity contribution in [3.05, 3.63) is 128 Å². The van der Waals surface area contributed by atoms with Crippen LogP contribution in [0.3, 0.4) is 0 Å². The van der Waals surface area contributed by atoms with Crippen molar-refractivity contribution in [2.75, 3.05) is 34.5 Å². The van der Waals surface area contributed by atoms with Crippen molar-refractivity contribution in [1.82, 2.24) is 19.5 Å². The zero-order valence-electron chi connectivity index (χ0n) is 28.2. The summed E-state index contributed by atoms with van der Waals surface area (Å²) in [5, 5.41) is 2.91. The van der Waals surface area contributed by atoms with Gasteiger partial charge in [0.25, 0.3) is 0 Å². The van der Waals surface area contributed by atoms with Crippen molar-refractivity contribution in [1.29, 1.82) is 0 Å². The summed E-state index contributed by atoms with van der Waals surface area (Å²) in [4.78, 5) is 43.6. The Labute approximate surface area is 298 Å². The number of halogens is 1. The number of anilines is 6. The Morgan fingerprint density at radius 1 is 0.827 bits per heavy atom. The summed E-state index contributed by atoms with van der Waals surface area (Å²) in [6.07, 6.45) is -4.59. The van der Waals surface area contributed by atoms with Crippen molar-refractivity contribution >= 4 is 57.9 Å². The van der Waals surface area contributed by atoms with Crippen molar-refractivity contribution in [3.8, 4) is 0 Å². The highest BCUT2D eigenvalue weighted by atomic mass is 19.1. The predicted octanol–water partition coefficient (Wildman–Crippen LogP) is 7.39. The molecule has 0 saturated carbocycles. The minimum absolute atomic E-state index is 0.0751. The SMILES string of the molecule is CNc1nc(N)nc2c1ncn2[C@@H]1O[C@H](COC(=O)N(c2ccccc2)c2ccccc2)[C@@H](OC(=O)N(c2ccccc2)c2ccccc2)[C@@]1(C)F. The van der Waals surface area contributed by atoms with Crippen LogP contribution >= 0.6 is 0 Å². The maximum Gasteiger partial charge on any atom is 0.419 e. The molecule has 2 amide bonds. The molecular formula is C38H35FN8O5. The summed E-state index contributed by atoms with van der Waals surface area (Å²) in [6.45, 7) is 0.771. The number of ether oxygens (including phenoxy) is 3. The van der Waals surface area contributed by atoms with Crippen LogP contribution in [0.25, 0.3) is 11.2 Å². The molecule has 14 heteroatoms. The molecule has 2 aromatic heterocycles. The highest BCUT2D eigenvalue weighted by Crippen LogP contribution is 2.45. The molecule has 3 heterocycles. The molecular weight excluding hydrogens is 667 g/mol. The lowest BCUT2D eigenvalue weighted by atomic mass is 9.98. The number of nitrogens with two attached hydrogens (primary N) is 1. The lowest BCUT2D eigenvalue weighted by Crippen LogP contribution is -2.46. The van der Waals surface area contributed by atoms with Gasteiger partial charge in [0.05, 0.1) is 29.1 Å². The van der Waals surface area contributed by atoms with E-state index in [0.717, 1.165) is 0 Å². The van der Waals surface area contributed by atoms with E-state index in [0.29, 0.717) is 34.1 Å². The number of benzene rings is 4. The van der Waals surface area contributed by atoms with E-state index in [4.69, 9.17) is 19.9 Å². The number of rotatable bonds is 9. The number of alkyl halides is 1. The molecule has 52 heavy (non-hydrogen) atoms. The van der Waals surface area contributed by atoms with Gasteiger partial charge in [0.1, 0.15) is 12.7 Å². The number of carbonyl (C=O) groups excluding carboxylic acids is 2. The molecule has 3 N–H and O–H groups in total. The molecule has 0 bridgehead atoms. The van der Waals surface area contributed by atoms with Crippen LogP contribution in [0, 0.1) is 0 Å². The van der Waals surface area contributed by atoms with Crippen LogP contribution in [0.1, 0.15) is 13.2 Å². The summed E-state index contributed by atoms with van der Waals surface area (Å²) in [5.74, 6) is 0.255. The minimum atomic E-state index is -2.42. The Morgan fingerprint density at radius 2 is 1.31 bits per heavy atom. The number of hydrogen-bond acceptors (Lipinski definition) is 10. The molecule has 13 nitrogen and oxygen atoms in total. The first-order chi connectivity index (χ1) is 25.3. The summed E-state index contributed by atoms with van der Waals surface area (Å²) >= 11 is 0. The topological polar surface area (TPSA) is 150 Å². The number of nitrogens with zero attached hydrogens (tertiary/aromatic N) is 6. The van der Waals surface area contributed by atoms with Crippen LogP contribution in [-0.2, 0) is 14.2 Å². The lowest BCUT2D eigenvalue weighted by molar-refractivity contribution is -0.0577. The van der Waals surface area contributed by atoms with Crippen LogP contribution < -0.4 is 20.9 Å². The van der Waals surface area contributed by atoms with Gasteiger partial charge in [0, 0.05) is 7.05 Å². The molecule has 264 valence electrons. The summed E-state index contributed by atoms with van der Waals surface area (Å²) < 4.78 is 37.1. The van der Waals surface area contributed by atoms with Crippen LogP contribution in [0.15, 0.2) is 128 Å². The van der Waals surface area contributed by atoms with Crippen molar-refractivity contribution in [3.63, 3.8) is 0 Å². The van der Waals surface area contributed by atoms with Crippen LogP contribution in [0.4, 0.5) is 48.5 Å². The van der Waals surface area contributed by atoms with Gasteiger partial charge in [-0.3, -0.25) is 4.57 Å². The molecule has 0 spiro atoms. The standard InChI is InChI=1S/C38H35FN8O5/c1-38(39)31(52-37(49)47(27-19-11-5-12-20-27)28-21-13-6-14-22-28)29(51-34(38)45-24-42-30-32(41-2)43-35(40)44-33(30)45)23-50-36(48)46(25-15-7-3-8-16-25)26-17-9-4-10-18-26/h3-22,24,29,31,34H,23H2,1-2H3,(H3,40,41,43,44)/t29-,31-,34-,38-/m1/s1. The van der Waals surface area contributed by atoms with Gasteiger partial charge in [-0.2, -0.15) is 9.97 Å². The Balaban J connectivity index is 1.24. The average Bonchev–Trinajstić information content (AvgIpc) is 3.69. The van der Waals surface area contributed by atoms with E-state index in [1.165, 1.54) is 27.6 Å². The second kappa shape index (κ2) is 14.4. The van der Waals surface area contributed by atoms with E-state index in [1.54, 1.807) is 104 Å². The Kier molecular flexibility index (Phi) is 9.37. The van der Waals surface area contributed by atoms with Crippen LogP contribution in [0.5, 0.6) is 0 Å². The van der Waals surface area contributed by atoms with E-state index in [1.807, 2.05) is 24.3 Å². The van der Waals surface area contributed by atoms with Gasteiger partial charge in [-0.05, 0) is 55.5 Å². The molecule has 1 aliphatic heterocycles. The first-order valence-corrected chi connectivity index (χ1v) is 16.5. The van der Waals surface area contributed by atoms with Crippen LogP contribution in [-0.4, -0.2) is 63.2 Å². The van der Waals surface area contributed by atoms with E-state index in [-0.39, 0.29) is 11.6 Å². The molecule has 1 aliphatic rings. The number of nitrogens with one attached hydrogen (secondary N) is 1. The van der Waals surface area contributed by atoms with Gasteiger partial charge in [-0.15, -0.1) is 0 Å². The van der Waals surface area contributed by atoms with Gasteiger partial charge in [-0.1, -0.05) is 72.8 Å². The lowest BCUT2D eigenvalue weighted by Gasteiger charge is -2.30. The molecule has 4 atom stereocenters. The van der Waals surface area contributed by atoms with Gasteiger partial charge in [0.15, 0.2) is 35.0 Å². The van der Waals surface area contributed by atoms with Crippen molar-refractivity contribution in [2.45, 2.75) is 31.0 Å². The predicted molar refractivity (Wildman–Crippen MR) is 194 cm³/mol. The number of fused-ring (bicyclic) bond motifs is 1. The third-order valence-corrected chi connectivity index (χ3v) is 8.63. The van der Waals surface area contributed by atoms with E-state index >= 15 is 4.39 Å². The Hall–Kier alpha value is -6.54. The maximum absolute atomic E-state index is 17.5. The van der Waals surface area contributed by atoms with E-state index in [9.17, 15) is 9.59 Å². The normalized spacial score (nSPS) is 19.6. The van der Waals surface area contributed by atoms with E-state index in [2.05, 4.69) is 20.3 Å². The quantitative estimate of drug-likeness (QED) is 0.156. The Bertz CT molecular complexity index is 2080.